The number of fused-ring (bicyclic) bond motifs is 2. The van der Waals surface area contributed by atoms with E-state index in [0.29, 0.717) is 21.4 Å². The van der Waals surface area contributed by atoms with Crippen LogP contribution in [-0.4, -0.2) is 31.8 Å². The van der Waals surface area contributed by atoms with E-state index in [0.717, 1.165) is 0 Å². The summed E-state index contributed by atoms with van der Waals surface area (Å²) in [6.45, 7) is 0. The zero-order valence-electron chi connectivity index (χ0n) is 25.7. The van der Waals surface area contributed by atoms with Crippen LogP contribution in [0, 0.1) is 29.1 Å². The monoisotopic (exact) mass is 670 g/mol. The van der Waals surface area contributed by atoms with Crippen LogP contribution in [0.1, 0.15) is 27.9 Å². The predicted molar refractivity (Wildman–Crippen MR) is 175 cm³/mol. The molecule has 1 aromatic heterocycles. The number of hydrogen-bond donors (Lipinski definition) is 0. The zero-order valence-corrected chi connectivity index (χ0v) is 25.7. The summed E-state index contributed by atoms with van der Waals surface area (Å²) in [4.78, 5) is 4.74. The lowest BCUT2D eigenvalue weighted by molar-refractivity contribution is 0.376. The van der Waals surface area contributed by atoms with Gasteiger partial charge >= 0.3 is 7.40 Å². The first-order valence-electron chi connectivity index (χ1n) is 14.8. The molecule has 0 bridgehead atoms. The van der Waals surface area contributed by atoms with Gasteiger partial charge < -0.3 is 14.0 Å². The molecule has 0 saturated carbocycles. The molecule has 0 amide bonds. The number of nitrogens with zero attached hydrogens (tertiary/aromatic N) is 2. The molecular formula is C37H22BF7N2O2. The van der Waals surface area contributed by atoms with E-state index in [1.807, 2.05) is 0 Å². The Bertz CT molecular complexity index is 2340. The number of aromatic nitrogens is 1. The maximum absolute atomic E-state index is 16.0. The molecule has 0 fully saturated rings. The summed E-state index contributed by atoms with van der Waals surface area (Å²) in [5.74, 6) is -10.7. The summed E-state index contributed by atoms with van der Waals surface area (Å²) in [7, 11) is -0.602. The molecule has 0 unspecified atom stereocenters. The van der Waals surface area contributed by atoms with E-state index in [2.05, 4.69) is 0 Å². The minimum atomic E-state index is -3.38. The molecule has 0 N–H and O–H groups in total. The molecule has 6 aromatic rings. The van der Waals surface area contributed by atoms with Crippen molar-refractivity contribution < 1.29 is 40.1 Å². The van der Waals surface area contributed by atoms with Gasteiger partial charge in [0, 0.05) is 38.6 Å². The van der Waals surface area contributed by atoms with Crippen molar-refractivity contribution in [1.29, 1.82) is 0 Å². The van der Waals surface area contributed by atoms with E-state index in [-0.39, 0.29) is 44.8 Å². The molecule has 7 rings (SSSR count). The van der Waals surface area contributed by atoms with Gasteiger partial charge in [0.15, 0.2) is 23.3 Å². The number of methoxy groups -OCH3 is 2. The molecule has 0 saturated heterocycles. The number of benzene rings is 5. The lowest BCUT2D eigenvalue weighted by atomic mass is 9.91. The number of rotatable bonds is 7. The normalized spacial score (nSPS) is 13.4. The molecule has 5 aromatic carbocycles. The van der Waals surface area contributed by atoms with Crippen LogP contribution in [0.25, 0.3) is 33.3 Å². The van der Waals surface area contributed by atoms with Crippen molar-refractivity contribution in [3.63, 3.8) is 0 Å². The van der Waals surface area contributed by atoms with Crippen LogP contribution in [0.3, 0.4) is 0 Å². The second kappa shape index (κ2) is 12.4. The summed E-state index contributed by atoms with van der Waals surface area (Å²) in [6.07, 6.45) is 0. The van der Waals surface area contributed by atoms with Gasteiger partial charge in [-0.3, -0.25) is 8.63 Å². The van der Waals surface area contributed by atoms with Crippen LogP contribution in [-0.2, 0) is 0 Å². The Kier molecular flexibility index (Phi) is 8.02. The Morgan fingerprint density at radius 3 is 1.63 bits per heavy atom. The first-order chi connectivity index (χ1) is 23.7. The van der Waals surface area contributed by atoms with Gasteiger partial charge in [0.05, 0.1) is 42.6 Å². The number of aliphatic imine (C=N–C) groups is 1. The number of halogens is 7. The minimum Gasteiger partial charge on any atom is -0.496 e. The molecule has 49 heavy (non-hydrogen) atoms. The quantitative estimate of drug-likeness (QED) is 0.0735. The van der Waals surface area contributed by atoms with Crippen molar-refractivity contribution in [3.8, 4) is 22.8 Å². The van der Waals surface area contributed by atoms with Crippen molar-refractivity contribution in [3.05, 3.63) is 154 Å². The molecule has 2 heterocycles. The van der Waals surface area contributed by atoms with Gasteiger partial charge in [-0.05, 0) is 24.3 Å². The Morgan fingerprint density at radius 1 is 0.571 bits per heavy atom. The van der Waals surface area contributed by atoms with E-state index in [4.69, 9.17) is 14.5 Å². The van der Waals surface area contributed by atoms with E-state index in [1.165, 1.54) is 44.6 Å². The summed E-state index contributed by atoms with van der Waals surface area (Å²) in [6, 6.07) is 25.5. The fraction of sp³-hybridized carbons (Fsp3) is 0.0541. The maximum Gasteiger partial charge on any atom is 0.678 e. The largest absolute Gasteiger partial charge is 0.678 e. The third kappa shape index (κ3) is 4.89. The Hall–Kier alpha value is -5.78. The number of hydrogen-bond acceptors (Lipinski definition) is 3. The van der Waals surface area contributed by atoms with Gasteiger partial charge in [0.2, 0.25) is 5.82 Å². The fourth-order valence-electron chi connectivity index (χ4n) is 6.37. The van der Waals surface area contributed by atoms with Crippen molar-refractivity contribution in [2.75, 3.05) is 14.2 Å². The Labute approximate surface area is 275 Å². The van der Waals surface area contributed by atoms with Crippen molar-refractivity contribution >= 4 is 35.2 Å². The summed E-state index contributed by atoms with van der Waals surface area (Å²) < 4.78 is 119. The Morgan fingerprint density at radius 2 is 1.04 bits per heavy atom. The van der Waals surface area contributed by atoms with Gasteiger partial charge in [-0.15, -0.1) is 0 Å². The van der Waals surface area contributed by atoms with Gasteiger partial charge in [-0.25, -0.2) is 26.9 Å². The molecular weight excluding hydrogens is 648 g/mol. The molecule has 1 aliphatic rings. The lowest BCUT2D eigenvalue weighted by Crippen LogP contribution is -2.19. The van der Waals surface area contributed by atoms with Crippen LogP contribution in [0.15, 0.2) is 102 Å². The molecule has 1 aliphatic heterocycles. The van der Waals surface area contributed by atoms with E-state index >= 15 is 26.2 Å². The topological polar surface area (TPSA) is 35.8 Å². The first-order valence-corrected chi connectivity index (χ1v) is 14.8. The summed E-state index contributed by atoms with van der Waals surface area (Å²) in [5.41, 5.74) is -1.60. The number of ether oxygens (including phenoxy) is 2. The highest BCUT2D eigenvalue weighted by Crippen LogP contribution is 2.48. The first kappa shape index (κ1) is 31.8. The highest BCUT2D eigenvalue weighted by molar-refractivity contribution is 6.44. The van der Waals surface area contributed by atoms with Crippen LogP contribution in [0.5, 0.6) is 11.5 Å². The molecule has 0 spiro atoms. The van der Waals surface area contributed by atoms with E-state index in [1.54, 1.807) is 66.7 Å². The SMILES string of the molecule is COc1ccccc1C1=N/C(=C(/c2c(F)c(F)c(F)c(F)c2F)c2c3ccccc3c(-c3ccccc3OC)n2B(F)F)c2ccccc21. The highest BCUT2D eigenvalue weighted by Gasteiger charge is 2.38. The van der Waals surface area contributed by atoms with E-state index < -0.39 is 53.3 Å². The van der Waals surface area contributed by atoms with Gasteiger partial charge in [0.1, 0.15) is 11.5 Å². The third-order valence-corrected chi connectivity index (χ3v) is 8.43. The van der Waals surface area contributed by atoms with Crippen molar-refractivity contribution in [2.45, 2.75) is 0 Å². The third-order valence-electron chi connectivity index (χ3n) is 8.43. The van der Waals surface area contributed by atoms with Crippen LogP contribution in [0.4, 0.5) is 30.6 Å². The van der Waals surface area contributed by atoms with Crippen molar-refractivity contribution in [2.24, 2.45) is 4.99 Å². The maximum atomic E-state index is 16.0. The van der Waals surface area contributed by atoms with Crippen LogP contribution < -0.4 is 9.47 Å². The molecule has 0 radical (unpaired) electrons. The minimum absolute atomic E-state index is 0.0357. The average Bonchev–Trinajstić information content (AvgIpc) is 3.68. The van der Waals surface area contributed by atoms with Crippen molar-refractivity contribution in [1.82, 2.24) is 4.48 Å². The van der Waals surface area contributed by atoms with Gasteiger partial charge in [-0.2, -0.15) is 0 Å². The molecule has 12 heteroatoms. The van der Waals surface area contributed by atoms with Crippen LogP contribution >= 0.6 is 0 Å². The predicted octanol–water partition coefficient (Wildman–Crippen LogP) is 9.56. The Balaban J connectivity index is 1.73. The van der Waals surface area contributed by atoms with Gasteiger partial charge in [0.25, 0.3) is 0 Å². The average molecular weight is 670 g/mol. The molecule has 0 aliphatic carbocycles. The number of para-hydroxylation sites is 2. The standard InChI is InChI=1S/C37H22BF7N2O2/c1-48-25-17-9-7-15-23(25)34-19-11-3-4-12-20(19)35(46-34)28(27-29(39)31(41)33(43)32(42)30(27)40)37-22-14-6-5-13-21(22)36(47(37)38(44)45)24-16-8-10-18-26(24)49-2/h3-18H,1-2H3/b35-28-. The lowest BCUT2D eigenvalue weighted by Gasteiger charge is -2.19. The molecule has 4 nitrogen and oxygen atoms in total. The second-order valence-electron chi connectivity index (χ2n) is 11.0. The zero-order chi connectivity index (χ0) is 34.6. The fourth-order valence-corrected chi connectivity index (χ4v) is 6.37. The van der Waals surface area contributed by atoms with Crippen LogP contribution in [0.2, 0.25) is 0 Å². The highest BCUT2D eigenvalue weighted by atomic mass is 19.2. The summed E-state index contributed by atoms with van der Waals surface area (Å²) in [5, 5.41) is 0.234. The van der Waals surface area contributed by atoms with E-state index in [9.17, 15) is 4.39 Å². The summed E-state index contributed by atoms with van der Waals surface area (Å²) >= 11 is 0. The molecule has 0 atom stereocenters. The smallest absolute Gasteiger partial charge is 0.496 e. The van der Waals surface area contributed by atoms with Gasteiger partial charge in [-0.1, -0.05) is 72.8 Å². The second-order valence-corrected chi connectivity index (χ2v) is 11.0. The molecule has 244 valence electrons.